The summed E-state index contributed by atoms with van der Waals surface area (Å²) in [6.07, 6.45) is 1.70. The van der Waals surface area contributed by atoms with Gasteiger partial charge in [-0.2, -0.15) is 0 Å². The molecule has 2 aromatic carbocycles. The van der Waals surface area contributed by atoms with Crippen molar-refractivity contribution in [1.29, 1.82) is 0 Å². The molecule has 9 nitrogen and oxygen atoms in total. The van der Waals surface area contributed by atoms with E-state index in [1.165, 1.54) is 29.8 Å². The van der Waals surface area contributed by atoms with Gasteiger partial charge in [0.15, 0.2) is 5.75 Å². The fraction of sp³-hybridized carbons (Fsp3) is 0.208. The molecule has 35 heavy (non-hydrogen) atoms. The SMILES string of the molecule is Cc1c(Oc2cccc(NC(N)=O)c2)c(C(=O)NC2CC2)c(Nc2ccc(I)cc2F)n(C)c1=O. The van der Waals surface area contributed by atoms with Gasteiger partial charge in [-0.15, -0.1) is 0 Å². The van der Waals surface area contributed by atoms with Crippen molar-refractivity contribution < 1.29 is 18.7 Å². The number of aromatic nitrogens is 1. The predicted molar refractivity (Wildman–Crippen MR) is 139 cm³/mol. The maximum atomic E-state index is 14.7. The number of benzene rings is 2. The molecule has 182 valence electrons. The van der Waals surface area contributed by atoms with Crippen molar-refractivity contribution in [2.45, 2.75) is 25.8 Å². The lowest BCUT2D eigenvalue weighted by molar-refractivity contribution is 0.0948. The first-order valence-electron chi connectivity index (χ1n) is 10.7. The molecule has 1 heterocycles. The van der Waals surface area contributed by atoms with Gasteiger partial charge in [-0.3, -0.25) is 14.2 Å². The first-order valence-corrected chi connectivity index (χ1v) is 11.8. The maximum Gasteiger partial charge on any atom is 0.316 e. The number of anilines is 3. The molecule has 11 heteroatoms. The van der Waals surface area contributed by atoms with E-state index in [0.29, 0.717) is 9.26 Å². The number of carbonyl (C=O) groups is 2. The van der Waals surface area contributed by atoms with Crippen molar-refractivity contribution in [3.05, 3.63) is 73.3 Å². The minimum Gasteiger partial charge on any atom is -0.456 e. The zero-order valence-corrected chi connectivity index (χ0v) is 21.1. The lowest BCUT2D eigenvalue weighted by Crippen LogP contribution is -2.31. The number of nitrogens with zero attached hydrogens (tertiary/aromatic N) is 1. The summed E-state index contributed by atoms with van der Waals surface area (Å²) in [6.45, 7) is 1.55. The summed E-state index contributed by atoms with van der Waals surface area (Å²) >= 11 is 1.99. The summed E-state index contributed by atoms with van der Waals surface area (Å²) in [5.74, 6) is -0.622. The Kier molecular flexibility index (Phi) is 6.96. The molecule has 0 saturated heterocycles. The highest BCUT2D eigenvalue weighted by Crippen LogP contribution is 2.35. The number of hydrogen-bond donors (Lipinski definition) is 4. The van der Waals surface area contributed by atoms with Crippen LogP contribution in [-0.4, -0.2) is 22.5 Å². The molecular weight excluding hydrogens is 568 g/mol. The Hall–Kier alpha value is -3.61. The second-order valence-electron chi connectivity index (χ2n) is 8.16. The third-order valence-corrected chi connectivity index (χ3v) is 6.08. The second kappa shape index (κ2) is 9.94. The van der Waals surface area contributed by atoms with Gasteiger partial charge in [0.25, 0.3) is 11.5 Å². The van der Waals surface area contributed by atoms with E-state index in [-0.39, 0.29) is 40.2 Å². The fourth-order valence-electron chi connectivity index (χ4n) is 3.50. The molecule has 1 saturated carbocycles. The minimum atomic E-state index is -0.748. The number of halogens is 2. The molecule has 0 unspecified atom stereocenters. The predicted octanol–water partition coefficient (Wildman–Crippen LogP) is 4.36. The van der Waals surface area contributed by atoms with E-state index in [1.807, 2.05) is 22.6 Å². The van der Waals surface area contributed by atoms with Gasteiger partial charge in [0.2, 0.25) is 0 Å². The van der Waals surface area contributed by atoms with Gasteiger partial charge in [-0.25, -0.2) is 9.18 Å². The first kappa shape index (κ1) is 24.5. The van der Waals surface area contributed by atoms with E-state index >= 15 is 0 Å². The third kappa shape index (κ3) is 5.56. The molecule has 4 rings (SSSR count). The molecule has 0 atom stereocenters. The number of nitrogens with two attached hydrogens (primary N) is 1. The smallest absolute Gasteiger partial charge is 0.316 e. The van der Waals surface area contributed by atoms with Crippen LogP contribution in [0.15, 0.2) is 47.3 Å². The van der Waals surface area contributed by atoms with Crippen LogP contribution in [0.4, 0.5) is 26.4 Å². The normalized spacial score (nSPS) is 12.7. The molecular formula is C24H23FIN5O4. The maximum absolute atomic E-state index is 14.7. The highest BCUT2D eigenvalue weighted by molar-refractivity contribution is 14.1. The lowest BCUT2D eigenvalue weighted by Gasteiger charge is -2.21. The number of ether oxygens (including phenoxy) is 1. The zero-order valence-electron chi connectivity index (χ0n) is 18.9. The van der Waals surface area contributed by atoms with Gasteiger partial charge in [0, 0.05) is 28.4 Å². The van der Waals surface area contributed by atoms with Crippen molar-refractivity contribution in [3.8, 4) is 11.5 Å². The number of urea groups is 1. The van der Waals surface area contributed by atoms with Gasteiger partial charge in [-0.05, 0) is 72.7 Å². The Morgan fingerprint density at radius 2 is 1.94 bits per heavy atom. The third-order valence-electron chi connectivity index (χ3n) is 5.41. The summed E-state index contributed by atoms with van der Waals surface area (Å²) in [4.78, 5) is 37.7. The molecule has 1 fully saturated rings. The number of hydrogen-bond acceptors (Lipinski definition) is 5. The molecule has 0 aliphatic heterocycles. The Morgan fingerprint density at radius 1 is 1.20 bits per heavy atom. The van der Waals surface area contributed by atoms with Crippen molar-refractivity contribution in [2.75, 3.05) is 10.6 Å². The van der Waals surface area contributed by atoms with Gasteiger partial charge in [0.1, 0.15) is 22.9 Å². The van der Waals surface area contributed by atoms with E-state index in [0.717, 1.165) is 12.8 Å². The summed E-state index contributed by atoms with van der Waals surface area (Å²) in [5.41, 5.74) is 5.49. The number of nitrogens with one attached hydrogen (secondary N) is 3. The van der Waals surface area contributed by atoms with Crippen molar-refractivity contribution >= 4 is 51.7 Å². The molecule has 0 radical (unpaired) electrons. The van der Waals surface area contributed by atoms with Crippen molar-refractivity contribution in [3.63, 3.8) is 0 Å². The van der Waals surface area contributed by atoms with E-state index in [1.54, 1.807) is 31.2 Å². The van der Waals surface area contributed by atoms with Crippen LogP contribution in [0.25, 0.3) is 0 Å². The number of primary amides is 1. The Bertz CT molecular complexity index is 1390. The molecule has 0 spiro atoms. The summed E-state index contributed by atoms with van der Waals surface area (Å²) in [7, 11) is 1.50. The van der Waals surface area contributed by atoms with Crippen LogP contribution >= 0.6 is 22.6 Å². The van der Waals surface area contributed by atoms with Crippen LogP contribution in [0.5, 0.6) is 11.5 Å². The summed E-state index contributed by atoms with van der Waals surface area (Å²) in [6, 6.07) is 10.2. The molecule has 1 aromatic heterocycles. The molecule has 5 N–H and O–H groups in total. The van der Waals surface area contributed by atoms with E-state index in [4.69, 9.17) is 10.5 Å². The zero-order chi connectivity index (χ0) is 25.3. The topological polar surface area (TPSA) is 127 Å². The van der Waals surface area contributed by atoms with E-state index in [9.17, 15) is 18.8 Å². The molecule has 3 amide bonds. The summed E-state index contributed by atoms with van der Waals surface area (Å²) < 4.78 is 22.7. The highest BCUT2D eigenvalue weighted by Gasteiger charge is 2.30. The number of amides is 3. The van der Waals surface area contributed by atoms with Gasteiger partial charge in [-0.1, -0.05) is 6.07 Å². The van der Waals surface area contributed by atoms with Crippen LogP contribution in [0.3, 0.4) is 0 Å². The Balaban J connectivity index is 1.85. The number of pyridine rings is 1. The van der Waals surface area contributed by atoms with E-state index < -0.39 is 23.3 Å². The average molecular weight is 591 g/mol. The number of rotatable bonds is 7. The Morgan fingerprint density at radius 3 is 2.60 bits per heavy atom. The summed E-state index contributed by atoms with van der Waals surface area (Å²) in [5, 5.41) is 8.28. The van der Waals surface area contributed by atoms with Gasteiger partial charge < -0.3 is 26.4 Å². The Labute approximate surface area is 214 Å². The largest absolute Gasteiger partial charge is 0.456 e. The molecule has 1 aliphatic carbocycles. The van der Waals surface area contributed by atoms with Crippen molar-refractivity contribution in [1.82, 2.24) is 9.88 Å². The first-order chi connectivity index (χ1) is 16.6. The quantitative estimate of drug-likeness (QED) is 0.304. The van der Waals surface area contributed by atoms with Gasteiger partial charge >= 0.3 is 6.03 Å². The van der Waals surface area contributed by atoms with Crippen LogP contribution in [0.1, 0.15) is 28.8 Å². The standard InChI is InChI=1S/C24H23FIN5O4/c1-12-20(35-16-5-3-4-15(11-16)29-24(27)34)19(22(32)28-14-7-8-14)21(31(2)23(12)33)30-18-9-6-13(26)10-17(18)25/h3-6,9-11,14,30H,7-8H2,1-2H3,(H,28,32)(H3,27,29,34). The lowest BCUT2D eigenvalue weighted by atomic mass is 10.1. The van der Waals surface area contributed by atoms with Crippen molar-refractivity contribution in [2.24, 2.45) is 12.8 Å². The van der Waals surface area contributed by atoms with E-state index in [2.05, 4.69) is 16.0 Å². The van der Waals surface area contributed by atoms with Crippen LogP contribution in [-0.2, 0) is 7.05 Å². The average Bonchev–Trinajstić information content (AvgIpc) is 3.61. The monoisotopic (exact) mass is 591 g/mol. The highest BCUT2D eigenvalue weighted by atomic mass is 127. The van der Waals surface area contributed by atoms with Crippen LogP contribution in [0.2, 0.25) is 0 Å². The molecule has 0 bridgehead atoms. The second-order valence-corrected chi connectivity index (χ2v) is 9.40. The molecule has 3 aromatic rings. The minimum absolute atomic E-state index is 0.0240. The van der Waals surface area contributed by atoms with Crippen LogP contribution in [0, 0.1) is 16.3 Å². The number of carbonyl (C=O) groups excluding carboxylic acids is 2. The fourth-order valence-corrected chi connectivity index (χ4v) is 3.95. The van der Waals surface area contributed by atoms with Gasteiger partial charge in [0.05, 0.1) is 11.3 Å². The molecule has 1 aliphatic rings. The van der Waals surface area contributed by atoms with Crippen LogP contribution < -0.4 is 32.0 Å².